The molecule has 1 fully saturated rings. The van der Waals surface area contributed by atoms with Crippen LogP contribution in [0.5, 0.6) is 0 Å². The number of aliphatic hydroxyl groups is 1. The number of hydrogen-bond donors (Lipinski definition) is 2. The monoisotopic (exact) mass is 262 g/mol. The maximum Gasteiger partial charge on any atom is 0.221 e. The second-order valence-corrected chi connectivity index (χ2v) is 5.08. The van der Waals surface area contributed by atoms with Crippen molar-refractivity contribution >= 4 is 5.91 Å². The molecule has 2 N–H and O–H groups in total. The maximum absolute atomic E-state index is 11.7. The van der Waals surface area contributed by atoms with Crippen LogP contribution in [0, 0.1) is 0 Å². The molecule has 1 saturated carbocycles. The Hall–Kier alpha value is -1.39. The molecule has 0 spiro atoms. The Bertz CT molecular complexity index is 390. The Morgan fingerprint density at radius 1 is 1.26 bits per heavy atom. The number of amides is 1. The third-order valence-corrected chi connectivity index (χ3v) is 3.26. The molecular formula is C15H22N2O2. The first-order chi connectivity index (χ1) is 9.28. The van der Waals surface area contributed by atoms with Crippen molar-refractivity contribution in [3.63, 3.8) is 0 Å². The highest BCUT2D eigenvalue weighted by Gasteiger charge is 2.23. The molecule has 0 unspecified atom stereocenters. The van der Waals surface area contributed by atoms with Crippen LogP contribution in [0.15, 0.2) is 30.3 Å². The van der Waals surface area contributed by atoms with Gasteiger partial charge in [0, 0.05) is 32.1 Å². The second kappa shape index (κ2) is 7.26. The van der Waals surface area contributed by atoms with E-state index in [1.807, 2.05) is 18.2 Å². The van der Waals surface area contributed by atoms with Gasteiger partial charge < -0.3 is 10.4 Å². The van der Waals surface area contributed by atoms with E-state index in [1.54, 1.807) is 0 Å². The topological polar surface area (TPSA) is 52.6 Å². The van der Waals surface area contributed by atoms with Crippen LogP contribution in [0.1, 0.15) is 24.8 Å². The van der Waals surface area contributed by atoms with Gasteiger partial charge in [0.25, 0.3) is 0 Å². The molecule has 4 nitrogen and oxygen atoms in total. The van der Waals surface area contributed by atoms with Crippen molar-refractivity contribution in [3.8, 4) is 0 Å². The van der Waals surface area contributed by atoms with E-state index < -0.39 is 0 Å². The molecule has 1 aromatic carbocycles. The Kier molecular flexibility index (Phi) is 5.36. The fourth-order valence-electron chi connectivity index (χ4n) is 2.04. The summed E-state index contributed by atoms with van der Waals surface area (Å²) in [6, 6.07) is 10.6. The molecule has 0 aliphatic heterocycles. The van der Waals surface area contributed by atoms with Gasteiger partial charge in [-0.1, -0.05) is 30.3 Å². The van der Waals surface area contributed by atoms with Crippen LogP contribution in [-0.4, -0.2) is 41.7 Å². The van der Waals surface area contributed by atoms with Crippen LogP contribution in [0.2, 0.25) is 0 Å². The molecule has 1 aromatic rings. The average molecular weight is 262 g/mol. The molecule has 0 atom stereocenters. The van der Waals surface area contributed by atoms with E-state index in [0.717, 1.165) is 19.4 Å². The van der Waals surface area contributed by atoms with Crippen molar-refractivity contribution in [2.75, 3.05) is 19.7 Å². The fourth-order valence-corrected chi connectivity index (χ4v) is 2.04. The van der Waals surface area contributed by atoms with Crippen molar-refractivity contribution in [1.29, 1.82) is 0 Å². The molecule has 0 radical (unpaired) electrons. The number of nitrogens with one attached hydrogen (secondary N) is 1. The van der Waals surface area contributed by atoms with Crippen molar-refractivity contribution < 1.29 is 9.90 Å². The van der Waals surface area contributed by atoms with Gasteiger partial charge in [-0.3, -0.25) is 9.69 Å². The Morgan fingerprint density at radius 2 is 2.00 bits per heavy atom. The summed E-state index contributed by atoms with van der Waals surface area (Å²) in [5, 5.41) is 12.1. The van der Waals surface area contributed by atoms with Gasteiger partial charge in [0.2, 0.25) is 5.91 Å². The van der Waals surface area contributed by atoms with Gasteiger partial charge in [0.05, 0.1) is 6.61 Å². The van der Waals surface area contributed by atoms with Gasteiger partial charge in [-0.2, -0.15) is 0 Å². The molecule has 0 aromatic heterocycles. The number of carbonyl (C=O) groups excluding carboxylic acids is 1. The third kappa shape index (κ3) is 5.41. The lowest BCUT2D eigenvalue weighted by Crippen LogP contribution is -2.33. The molecule has 2 rings (SSSR count). The number of aliphatic hydroxyl groups excluding tert-OH is 1. The average Bonchev–Trinajstić information content (AvgIpc) is 3.21. The molecular weight excluding hydrogens is 240 g/mol. The molecule has 4 heteroatoms. The van der Waals surface area contributed by atoms with Gasteiger partial charge in [-0.05, 0) is 18.4 Å². The summed E-state index contributed by atoms with van der Waals surface area (Å²) in [5.74, 6) is 0.124. The lowest BCUT2D eigenvalue weighted by Gasteiger charge is -2.21. The van der Waals surface area contributed by atoms with Crippen LogP contribution in [0.3, 0.4) is 0 Å². The van der Waals surface area contributed by atoms with Crippen molar-refractivity contribution in [3.05, 3.63) is 35.9 Å². The van der Waals surface area contributed by atoms with Gasteiger partial charge >= 0.3 is 0 Å². The standard InChI is InChI=1S/C15H22N2O2/c18-11-10-17(12-13-4-2-1-3-5-13)9-8-15(19)16-14-6-7-14/h1-5,14,18H,6-12H2,(H,16,19). The minimum absolute atomic E-state index is 0.122. The van der Waals surface area contributed by atoms with E-state index in [2.05, 4.69) is 22.3 Å². The van der Waals surface area contributed by atoms with Gasteiger partial charge in [0.1, 0.15) is 0 Å². The smallest absolute Gasteiger partial charge is 0.221 e. The van der Waals surface area contributed by atoms with E-state index in [1.165, 1.54) is 5.56 Å². The number of nitrogens with zero attached hydrogens (tertiary/aromatic N) is 1. The van der Waals surface area contributed by atoms with Crippen LogP contribution < -0.4 is 5.32 Å². The second-order valence-electron chi connectivity index (χ2n) is 5.08. The third-order valence-electron chi connectivity index (χ3n) is 3.26. The van der Waals surface area contributed by atoms with E-state index in [4.69, 9.17) is 5.11 Å². The molecule has 1 aliphatic rings. The van der Waals surface area contributed by atoms with E-state index >= 15 is 0 Å². The lowest BCUT2D eigenvalue weighted by molar-refractivity contribution is -0.121. The molecule has 104 valence electrons. The zero-order valence-electron chi connectivity index (χ0n) is 11.2. The molecule has 19 heavy (non-hydrogen) atoms. The summed E-state index contributed by atoms with van der Waals surface area (Å²) in [6.07, 6.45) is 2.75. The predicted molar refractivity (Wildman–Crippen MR) is 74.6 cm³/mol. The molecule has 0 heterocycles. The zero-order valence-corrected chi connectivity index (χ0v) is 11.2. The minimum Gasteiger partial charge on any atom is -0.395 e. The quantitative estimate of drug-likeness (QED) is 0.739. The normalized spacial score (nSPS) is 14.6. The SMILES string of the molecule is O=C(CCN(CCO)Cc1ccccc1)NC1CC1. The summed E-state index contributed by atoms with van der Waals surface area (Å²) in [4.78, 5) is 13.8. The van der Waals surface area contributed by atoms with Gasteiger partial charge in [-0.15, -0.1) is 0 Å². The summed E-state index contributed by atoms with van der Waals surface area (Å²) in [6.45, 7) is 2.19. The first kappa shape index (κ1) is 14.0. The molecule has 0 bridgehead atoms. The number of hydrogen-bond acceptors (Lipinski definition) is 3. The highest BCUT2D eigenvalue weighted by Crippen LogP contribution is 2.18. The van der Waals surface area contributed by atoms with Crippen LogP contribution >= 0.6 is 0 Å². The minimum atomic E-state index is 0.122. The highest BCUT2D eigenvalue weighted by atomic mass is 16.3. The summed E-state index contributed by atoms with van der Waals surface area (Å²) in [5.41, 5.74) is 1.21. The lowest BCUT2D eigenvalue weighted by atomic mass is 10.2. The van der Waals surface area contributed by atoms with Gasteiger partial charge in [-0.25, -0.2) is 0 Å². The van der Waals surface area contributed by atoms with Crippen LogP contribution in [-0.2, 0) is 11.3 Å². The Balaban J connectivity index is 1.76. The summed E-state index contributed by atoms with van der Waals surface area (Å²) in [7, 11) is 0. The number of benzene rings is 1. The van der Waals surface area contributed by atoms with E-state index in [-0.39, 0.29) is 12.5 Å². The van der Waals surface area contributed by atoms with Crippen LogP contribution in [0.25, 0.3) is 0 Å². The maximum atomic E-state index is 11.7. The summed E-state index contributed by atoms with van der Waals surface area (Å²) < 4.78 is 0. The van der Waals surface area contributed by atoms with Crippen molar-refractivity contribution in [1.82, 2.24) is 10.2 Å². The summed E-state index contributed by atoms with van der Waals surface area (Å²) >= 11 is 0. The van der Waals surface area contributed by atoms with E-state index in [0.29, 0.717) is 25.6 Å². The molecule has 1 amide bonds. The number of rotatable bonds is 8. The highest BCUT2D eigenvalue weighted by molar-refractivity contribution is 5.76. The largest absolute Gasteiger partial charge is 0.395 e. The van der Waals surface area contributed by atoms with E-state index in [9.17, 15) is 4.79 Å². The fraction of sp³-hybridized carbons (Fsp3) is 0.533. The first-order valence-electron chi connectivity index (χ1n) is 6.94. The first-order valence-corrected chi connectivity index (χ1v) is 6.94. The molecule has 0 saturated heterocycles. The van der Waals surface area contributed by atoms with Crippen LogP contribution in [0.4, 0.5) is 0 Å². The molecule has 1 aliphatic carbocycles. The van der Waals surface area contributed by atoms with Crippen molar-refractivity contribution in [2.24, 2.45) is 0 Å². The Morgan fingerprint density at radius 3 is 2.63 bits per heavy atom. The Labute approximate surface area is 114 Å². The predicted octanol–water partition coefficient (Wildman–Crippen LogP) is 1.15. The zero-order chi connectivity index (χ0) is 13.5. The van der Waals surface area contributed by atoms with Crippen molar-refractivity contribution in [2.45, 2.75) is 31.8 Å². The van der Waals surface area contributed by atoms with Gasteiger partial charge in [0.15, 0.2) is 0 Å². The number of carbonyl (C=O) groups is 1.